The third kappa shape index (κ3) is 4.33. The molecule has 3 aliphatic heterocycles. The summed E-state index contributed by atoms with van der Waals surface area (Å²) in [7, 11) is 0. The quantitative estimate of drug-likeness (QED) is 0.444. The van der Waals surface area contributed by atoms with E-state index in [0.717, 1.165) is 18.4 Å². The lowest BCUT2D eigenvalue weighted by atomic mass is 9.66. The number of likely N-dealkylation sites (tertiary alicyclic amines) is 1. The highest BCUT2D eigenvalue weighted by Gasteiger charge is 2.77. The molecule has 198 valence electrons. The number of rotatable bonds is 9. The highest BCUT2D eigenvalue weighted by atomic mass is 35.5. The maximum Gasteiger partial charge on any atom is 0.248 e. The molecule has 7 nitrogen and oxygen atoms in total. The van der Waals surface area contributed by atoms with Gasteiger partial charge in [-0.2, -0.15) is 0 Å². The van der Waals surface area contributed by atoms with Gasteiger partial charge in [-0.25, -0.2) is 0 Å². The van der Waals surface area contributed by atoms with Crippen molar-refractivity contribution >= 4 is 46.8 Å². The molecule has 6 atom stereocenters. The van der Waals surface area contributed by atoms with Crippen molar-refractivity contribution in [3.05, 3.63) is 28.8 Å². The van der Waals surface area contributed by atoms with Crippen LogP contribution >= 0.6 is 23.4 Å². The topological polar surface area (TPSA) is 98.7 Å². The SMILES string of the molecule is CCCNC(=O)[C@H]1[C@H]2C(=O)N([C@@H](CO)CC(C)C)C(C(=O)Nc3c(C)cccc3Cl)C23CC[C@]1(C)S3. The Bertz CT molecular complexity index is 1030. The van der Waals surface area contributed by atoms with Crippen LogP contribution < -0.4 is 10.6 Å². The van der Waals surface area contributed by atoms with Crippen LogP contribution in [0.25, 0.3) is 0 Å². The van der Waals surface area contributed by atoms with Gasteiger partial charge in [-0.1, -0.05) is 44.5 Å². The molecule has 0 radical (unpaired) electrons. The van der Waals surface area contributed by atoms with Crippen molar-refractivity contribution < 1.29 is 19.5 Å². The van der Waals surface area contributed by atoms with Crippen LogP contribution in [0.3, 0.4) is 0 Å². The van der Waals surface area contributed by atoms with E-state index in [9.17, 15) is 19.5 Å². The van der Waals surface area contributed by atoms with E-state index in [-0.39, 0.29) is 30.2 Å². The summed E-state index contributed by atoms with van der Waals surface area (Å²) in [4.78, 5) is 43.3. The first-order valence-electron chi connectivity index (χ1n) is 13.0. The maximum atomic E-state index is 14.2. The van der Waals surface area contributed by atoms with Crippen molar-refractivity contribution in [3.8, 4) is 0 Å². The molecular weight excluding hydrogens is 498 g/mol. The fourth-order valence-corrected chi connectivity index (χ4v) is 9.23. The number of aliphatic hydroxyl groups is 1. The minimum absolute atomic E-state index is 0.112. The second-order valence-electron chi connectivity index (χ2n) is 11.2. The number of hydrogen-bond acceptors (Lipinski definition) is 5. The van der Waals surface area contributed by atoms with E-state index >= 15 is 0 Å². The van der Waals surface area contributed by atoms with Crippen molar-refractivity contribution in [2.24, 2.45) is 17.8 Å². The summed E-state index contributed by atoms with van der Waals surface area (Å²) in [6.45, 7) is 10.3. The summed E-state index contributed by atoms with van der Waals surface area (Å²) in [5, 5.41) is 16.8. The molecule has 2 bridgehead atoms. The van der Waals surface area contributed by atoms with E-state index in [4.69, 9.17) is 11.6 Å². The Morgan fingerprint density at radius 1 is 1.28 bits per heavy atom. The van der Waals surface area contributed by atoms with Gasteiger partial charge in [0, 0.05) is 11.3 Å². The number of carbonyl (C=O) groups is 3. The predicted octanol–water partition coefficient (Wildman–Crippen LogP) is 4.00. The van der Waals surface area contributed by atoms with E-state index in [1.165, 1.54) is 0 Å². The van der Waals surface area contributed by atoms with Gasteiger partial charge >= 0.3 is 0 Å². The first kappa shape index (κ1) is 27.3. The number of nitrogens with zero attached hydrogens (tertiary/aromatic N) is 1. The van der Waals surface area contributed by atoms with Crippen molar-refractivity contribution in [3.63, 3.8) is 0 Å². The maximum absolute atomic E-state index is 14.2. The van der Waals surface area contributed by atoms with Crippen LogP contribution in [0, 0.1) is 24.7 Å². The highest BCUT2D eigenvalue weighted by molar-refractivity contribution is 8.02. The number of nitrogens with one attached hydrogen (secondary N) is 2. The molecule has 3 fully saturated rings. The summed E-state index contributed by atoms with van der Waals surface area (Å²) in [6, 6.07) is 4.11. The molecule has 3 N–H and O–H groups in total. The molecule has 2 unspecified atom stereocenters. The molecule has 3 amide bonds. The summed E-state index contributed by atoms with van der Waals surface area (Å²) in [5.41, 5.74) is 1.36. The molecule has 3 heterocycles. The van der Waals surface area contributed by atoms with Crippen molar-refractivity contribution in [2.75, 3.05) is 18.5 Å². The number of carbonyl (C=O) groups excluding carboxylic acids is 3. The summed E-state index contributed by atoms with van der Waals surface area (Å²) >= 11 is 8.07. The molecule has 1 aromatic carbocycles. The summed E-state index contributed by atoms with van der Waals surface area (Å²) in [5.74, 6) is -1.53. The van der Waals surface area contributed by atoms with Gasteiger partial charge in [-0.3, -0.25) is 14.4 Å². The van der Waals surface area contributed by atoms with Crippen LogP contribution in [0.2, 0.25) is 5.02 Å². The van der Waals surface area contributed by atoms with Crippen LogP contribution in [0.1, 0.15) is 58.9 Å². The van der Waals surface area contributed by atoms with Gasteiger partial charge in [-0.15, -0.1) is 11.8 Å². The molecule has 36 heavy (non-hydrogen) atoms. The first-order valence-corrected chi connectivity index (χ1v) is 14.2. The lowest BCUT2D eigenvalue weighted by Crippen LogP contribution is -2.55. The highest BCUT2D eigenvalue weighted by Crippen LogP contribution is 2.71. The predicted molar refractivity (Wildman–Crippen MR) is 144 cm³/mol. The Hall–Kier alpha value is -1.77. The van der Waals surface area contributed by atoms with Gasteiger partial charge in [0.25, 0.3) is 0 Å². The molecule has 1 aromatic rings. The van der Waals surface area contributed by atoms with Crippen LogP contribution in [0.5, 0.6) is 0 Å². The van der Waals surface area contributed by atoms with E-state index in [1.807, 2.05) is 39.8 Å². The number of thioether (sulfide) groups is 1. The fourth-order valence-electron chi connectivity index (χ4n) is 6.62. The largest absolute Gasteiger partial charge is 0.394 e. The van der Waals surface area contributed by atoms with Gasteiger partial charge < -0.3 is 20.6 Å². The molecule has 1 spiro atoms. The van der Waals surface area contributed by atoms with Gasteiger partial charge in [0.2, 0.25) is 17.7 Å². The molecular formula is C27H38ClN3O4S. The lowest BCUT2D eigenvalue weighted by molar-refractivity contribution is -0.143. The number of para-hydroxylation sites is 1. The third-order valence-electron chi connectivity index (χ3n) is 8.11. The standard InChI is InChI=1S/C27H38ClN3O4S/c1-6-12-29-23(33)19-20-25(35)31(17(14-32)13-15(2)3)22(27(20)11-10-26(19,5)36-27)24(34)30-21-16(4)8-7-9-18(21)28/h7-9,15,17,19-20,22,32H,6,10-14H2,1-5H3,(H,29,33)(H,30,34)/t17-,19-,20+,22?,26+,27?/m1/s1. The second-order valence-corrected chi connectivity index (χ2v) is 13.5. The Balaban J connectivity index is 1.79. The number of hydrogen-bond donors (Lipinski definition) is 3. The Morgan fingerprint density at radius 3 is 2.61 bits per heavy atom. The Kier molecular flexibility index (Phi) is 7.71. The molecule has 4 rings (SSSR count). The molecule has 3 aliphatic rings. The molecule has 0 aromatic heterocycles. The Morgan fingerprint density at radius 2 is 2.00 bits per heavy atom. The number of anilines is 1. The minimum atomic E-state index is -0.808. The zero-order valence-corrected chi connectivity index (χ0v) is 23.3. The summed E-state index contributed by atoms with van der Waals surface area (Å²) < 4.78 is -1.15. The fraction of sp³-hybridized carbons (Fsp3) is 0.667. The Labute approximate surface area is 223 Å². The number of aryl methyl sites for hydroxylation is 1. The lowest BCUT2D eigenvalue weighted by Gasteiger charge is -2.37. The number of benzene rings is 1. The molecule has 3 saturated heterocycles. The number of halogens is 1. The molecule has 9 heteroatoms. The van der Waals surface area contributed by atoms with E-state index < -0.39 is 33.4 Å². The van der Waals surface area contributed by atoms with Gasteiger partial charge in [0.05, 0.1) is 39.9 Å². The van der Waals surface area contributed by atoms with E-state index in [2.05, 4.69) is 17.6 Å². The smallest absolute Gasteiger partial charge is 0.248 e. The molecule has 0 aliphatic carbocycles. The number of aliphatic hydroxyl groups excluding tert-OH is 1. The average molecular weight is 536 g/mol. The summed E-state index contributed by atoms with van der Waals surface area (Å²) in [6.07, 6.45) is 2.79. The first-order chi connectivity index (χ1) is 17.0. The normalized spacial score (nSPS) is 31.6. The van der Waals surface area contributed by atoms with E-state index in [1.54, 1.807) is 22.7 Å². The van der Waals surface area contributed by atoms with Crippen molar-refractivity contribution in [1.29, 1.82) is 0 Å². The number of amides is 3. The third-order valence-corrected chi connectivity index (χ3v) is 10.4. The van der Waals surface area contributed by atoms with Crippen LogP contribution in [0.15, 0.2) is 18.2 Å². The van der Waals surface area contributed by atoms with Crippen LogP contribution in [-0.2, 0) is 14.4 Å². The minimum Gasteiger partial charge on any atom is -0.394 e. The second kappa shape index (κ2) is 10.2. The average Bonchev–Trinajstić information content (AvgIpc) is 3.39. The van der Waals surface area contributed by atoms with Crippen molar-refractivity contribution in [2.45, 2.75) is 81.9 Å². The van der Waals surface area contributed by atoms with Gasteiger partial charge in [0.1, 0.15) is 6.04 Å². The van der Waals surface area contributed by atoms with Gasteiger partial charge in [-0.05, 0) is 57.1 Å². The zero-order chi connectivity index (χ0) is 26.4. The molecule has 0 saturated carbocycles. The van der Waals surface area contributed by atoms with E-state index in [0.29, 0.717) is 30.1 Å². The van der Waals surface area contributed by atoms with Gasteiger partial charge in [0.15, 0.2) is 0 Å². The number of fused-ring (bicyclic) bond motifs is 1. The van der Waals surface area contributed by atoms with Crippen LogP contribution in [0.4, 0.5) is 5.69 Å². The zero-order valence-electron chi connectivity index (χ0n) is 21.8. The van der Waals surface area contributed by atoms with Crippen molar-refractivity contribution in [1.82, 2.24) is 10.2 Å². The van der Waals surface area contributed by atoms with Crippen LogP contribution in [-0.4, -0.2) is 62.5 Å². The monoisotopic (exact) mass is 535 g/mol.